The molecule has 0 fully saturated rings. The summed E-state index contributed by atoms with van der Waals surface area (Å²) < 4.78 is 7.36. The first-order valence-electron chi connectivity index (χ1n) is 8.83. The van der Waals surface area contributed by atoms with E-state index in [1.54, 1.807) is 36.1 Å². The van der Waals surface area contributed by atoms with E-state index in [9.17, 15) is 9.90 Å². The van der Waals surface area contributed by atoms with Crippen molar-refractivity contribution in [2.75, 3.05) is 11.9 Å². The van der Waals surface area contributed by atoms with Crippen LogP contribution in [-0.4, -0.2) is 27.4 Å². The molecule has 0 spiro atoms. The molecule has 6 nitrogen and oxygen atoms in total. The molecule has 140 valence electrons. The van der Waals surface area contributed by atoms with Crippen molar-refractivity contribution in [3.05, 3.63) is 72.9 Å². The van der Waals surface area contributed by atoms with E-state index in [4.69, 9.17) is 4.74 Å². The number of nitrogens with zero attached hydrogens (tertiary/aromatic N) is 2. The fourth-order valence-electron chi connectivity index (χ4n) is 3.06. The number of benzene rings is 3. The minimum absolute atomic E-state index is 0.121. The first kappa shape index (κ1) is 17.6. The Hall–Kier alpha value is -3.80. The number of hydrogen-bond acceptors (Lipinski definition) is 4. The number of ether oxygens (including phenoxy) is 1. The van der Waals surface area contributed by atoms with Crippen LogP contribution in [-0.2, 0) is 11.8 Å². The molecule has 0 saturated heterocycles. The molecule has 4 rings (SSSR count). The van der Waals surface area contributed by atoms with Gasteiger partial charge < -0.3 is 15.2 Å². The Kier molecular flexibility index (Phi) is 4.68. The molecule has 0 aliphatic carbocycles. The van der Waals surface area contributed by atoms with Crippen LogP contribution in [0.4, 0.5) is 5.82 Å². The summed E-state index contributed by atoms with van der Waals surface area (Å²) in [7, 11) is 1.78. The number of carbonyl (C=O) groups is 1. The van der Waals surface area contributed by atoms with Gasteiger partial charge in [0.15, 0.2) is 12.4 Å². The van der Waals surface area contributed by atoms with E-state index in [-0.39, 0.29) is 18.3 Å². The van der Waals surface area contributed by atoms with Crippen LogP contribution in [0.3, 0.4) is 0 Å². The van der Waals surface area contributed by atoms with Crippen LogP contribution in [0.1, 0.15) is 0 Å². The standard InChI is InChI=1S/C22H19N3O3/c1-25-11-10-21(24-25)23-22(27)14-28-18-12-16-4-2-3-5-19(16)20(13-18)15-6-8-17(26)9-7-15/h2-13,26H,14H2,1H3,(H,23,24,27). The smallest absolute Gasteiger partial charge is 0.263 e. The highest BCUT2D eigenvalue weighted by Gasteiger charge is 2.10. The Morgan fingerprint density at radius 1 is 1.11 bits per heavy atom. The largest absolute Gasteiger partial charge is 0.508 e. The molecule has 4 aromatic rings. The number of fused-ring (bicyclic) bond motifs is 1. The zero-order valence-electron chi connectivity index (χ0n) is 15.3. The van der Waals surface area contributed by atoms with Gasteiger partial charge >= 0.3 is 0 Å². The summed E-state index contributed by atoms with van der Waals surface area (Å²) in [5.74, 6) is 1.02. The molecular formula is C22H19N3O3. The van der Waals surface area contributed by atoms with Crippen LogP contribution >= 0.6 is 0 Å². The van der Waals surface area contributed by atoms with Gasteiger partial charge in [-0.2, -0.15) is 5.10 Å². The van der Waals surface area contributed by atoms with Crippen LogP contribution in [0.5, 0.6) is 11.5 Å². The number of anilines is 1. The van der Waals surface area contributed by atoms with Crippen molar-refractivity contribution in [3.8, 4) is 22.6 Å². The molecule has 0 aliphatic heterocycles. The molecule has 1 amide bonds. The van der Waals surface area contributed by atoms with E-state index in [0.29, 0.717) is 11.6 Å². The summed E-state index contributed by atoms with van der Waals surface area (Å²) >= 11 is 0. The van der Waals surface area contributed by atoms with E-state index >= 15 is 0 Å². The number of aromatic nitrogens is 2. The molecule has 1 heterocycles. The lowest BCUT2D eigenvalue weighted by Crippen LogP contribution is -2.20. The predicted octanol–water partition coefficient (Wildman–Crippen LogP) is 3.96. The maximum absolute atomic E-state index is 12.1. The van der Waals surface area contributed by atoms with E-state index in [2.05, 4.69) is 10.4 Å². The summed E-state index contributed by atoms with van der Waals surface area (Å²) in [6.45, 7) is -0.121. The molecule has 0 aliphatic rings. The van der Waals surface area contributed by atoms with Crippen molar-refractivity contribution in [1.29, 1.82) is 0 Å². The van der Waals surface area contributed by atoms with Gasteiger partial charge in [-0.15, -0.1) is 0 Å². The molecule has 0 radical (unpaired) electrons. The van der Waals surface area contributed by atoms with Gasteiger partial charge in [-0.3, -0.25) is 9.48 Å². The number of aromatic hydroxyl groups is 1. The fraction of sp³-hybridized carbons (Fsp3) is 0.0909. The number of phenols is 1. The first-order valence-corrected chi connectivity index (χ1v) is 8.83. The van der Waals surface area contributed by atoms with Gasteiger partial charge in [0.1, 0.15) is 11.5 Å². The maximum atomic E-state index is 12.1. The van der Waals surface area contributed by atoms with Crippen LogP contribution in [0.15, 0.2) is 72.9 Å². The number of nitrogens with one attached hydrogen (secondary N) is 1. The topological polar surface area (TPSA) is 76.4 Å². The summed E-state index contributed by atoms with van der Waals surface area (Å²) in [6, 6.07) is 20.5. The second-order valence-electron chi connectivity index (χ2n) is 6.45. The fourth-order valence-corrected chi connectivity index (χ4v) is 3.06. The number of aryl methyl sites for hydroxylation is 1. The number of phenolic OH excluding ortho intramolecular Hbond substituents is 1. The zero-order valence-corrected chi connectivity index (χ0v) is 15.3. The number of carbonyl (C=O) groups excluding carboxylic acids is 1. The highest BCUT2D eigenvalue weighted by atomic mass is 16.5. The van der Waals surface area contributed by atoms with E-state index in [1.807, 2.05) is 48.5 Å². The second-order valence-corrected chi connectivity index (χ2v) is 6.45. The third-order valence-electron chi connectivity index (χ3n) is 4.36. The molecule has 2 N–H and O–H groups in total. The van der Waals surface area contributed by atoms with Gasteiger partial charge in [0.25, 0.3) is 5.91 Å². The monoisotopic (exact) mass is 373 g/mol. The Morgan fingerprint density at radius 3 is 2.64 bits per heavy atom. The van der Waals surface area contributed by atoms with Gasteiger partial charge in [0.2, 0.25) is 0 Å². The van der Waals surface area contributed by atoms with E-state index in [1.165, 1.54) is 0 Å². The first-order chi connectivity index (χ1) is 13.6. The van der Waals surface area contributed by atoms with Crippen molar-refractivity contribution in [3.63, 3.8) is 0 Å². The lowest BCUT2D eigenvalue weighted by atomic mass is 9.98. The van der Waals surface area contributed by atoms with Crippen molar-refractivity contribution < 1.29 is 14.6 Å². The Bertz CT molecular complexity index is 1130. The second kappa shape index (κ2) is 7.44. The summed E-state index contributed by atoms with van der Waals surface area (Å²) in [5, 5.41) is 18.5. The molecule has 0 unspecified atom stereocenters. The molecule has 28 heavy (non-hydrogen) atoms. The van der Waals surface area contributed by atoms with Crippen LogP contribution in [0.2, 0.25) is 0 Å². The van der Waals surface area contributed by atoms with Gasteiger partial charge in [0, 0.05) is 19.3 Å². The average Bonchev–Trinajstić information content (AvgIpc) is 3.11. The van der Waals surface area contributed by atoms with Gasteiger partial charge in [-0.1, -0.05) is 36.4 Å². The van der Waals surface area contributed by atoms with Gasteiger partial charge in [-0.25, -0.2) is 0 Å². The van der Waals surface area contributed by atoms with E-state index < -0.39 is 0 Å². The molecule has 0 atom stereocenters. The average molecular weight is 373 g/mol. The van der Waals surface area contributed by atoms with Crippen LogP contribution in [0.25, 0.3) is 21.9 Å². The Morgan fingerprint density at radius 2 is 1.89 bits per heavy atom. The zero-order chi connectivity index (χ0) is 19.5. The molecule has 3 aromatic carbocycles. The van der Waals surface area contributed by atoms with Gasteiger partial charge in [-0.05, 0) is 46.2 Å². The minimum Gasteiger partial charge on any atom is -0.508 e. The molecule has 1 aromatic heterocycles. The SMILES string of the molecule is Cn1ccc(NC(=O)COc2cc(-c3ccc(O)cc3)c3ccccc3c2)n1. The highest BCUT2D eigenvalue weighted by molar-refractivity contribution is 5.98. The highest BCUT2D eigenvalue weighted by Crippen LogP contribution is 2.33. The number of rotatable bonds is 5. The Balaban J connectivity index is 1.59. The van der Waals surface area contributed by atoms with Crippen LogP contribution < -0.4 is 10.1 Å². The minimum atomic E-state index is -0.280. The lowest BCUT2D eigenvalue weighted by Gasteiger charge is -2.12. The molecular weight excluding hydrogens is 354 g/mol. The number of hydrogen-bond donors (Lipinski definition) is 2. The van der Waals surface area contributed by atoms with Crippen LogP contribution in [0, 0.1) is 0 Å². The van der Waals surface area contributed by atoms with Crippen molar-refractivity contribution >= 4 is 22.5 Å². The normalized spacial score (nSPS) is 10.8. The molecule has 0 bridgehead atoms. The third-order valence-corrected chi connectivity index (χ3v) is 4.36. The van der Waals surface area contributed by atoms with E-state index in [0.717, 1.165) is 21.9 Å². The molecule has 0 saturated carbocycles. The summed E-state index contributed by atoms with van der Waals surface area (Å²) in [4.78, 5) is 12.1. The number of amides is 1. The third kappa shape index (κ3) is 3.81. The Labute approximate surface area is 162 Å². The molecule has 6 heteroatoms. The van der Waals surface area contributed by atoms with Gasteiger partial charge in [0.05, 0.1) is 0 Å². The lowest BCUT2D eigenvalue weighted by molar-refractivity contribution is -0.118. The predicted molar refractivity (Wildman–Crippen MR) is 108 cm³/mol. The van der Waals surface area contributed by atoms with Crippen molar-refractivity contribution in [2.24, 2.45) is 7.05 Å². The van der Waals surface area contributed by atoms with Crippen molar-refractivity contribution in [1.82, 2.24) is 9.78 Å². The summed E-state index contributed by atoms with van der Waals surface area (Å²) in [5.41, 5.74) is 1.93. The summed E-state index contributed by atoms with van der Waals surface area (Å²) in [6.07, 6.45) is 1.75. The van der Waals surface area contributed by atoms with Crippen molar-refractivity contribution in [2.45, 2.75) is 0 Å². The quantitative estimate of drug-likeness (QED) is 0.555. The maximum Gasteiger partial charge on any atom is 0.263 e.